The fraction of sp³-hybridized carbons (Fsp3) is 0.267. The van der Waals surface area contributed by atoms with Crippen LogP contribution in [0.15, 0.2) is 140 Å². The van der Waals surface area contributed by atoms with Crippen molar-refractivity contribution in [3.8, 4) is 22.9 Å². The van der Waals surface area contributed by atoms with Crippen LogP contribution in [0.5, 0.6) is 11.5 Å². The standard InChI is InChI=1S/C23H22N2O2.C22H22N2O/c26-17-19-10-11-22-23(27-21-9-5-4-8-20(21)25(19)22)12-14-24(15-13-23)16-18-6-2-1-3-7-18;1-2-7-18(8-3-1)17-23-15-12-22(13-16-23)21-11-6-14-24(21)19-9-4-5-10-20(19)25-22/h1-11,17H,12-16H2;1-11,14H,12-13,15-17H2. The molecule has 10 rings (SSSR count). The number of ether oxygens (including phenoxy) is 2. The van der Waals surface area contributed by atoms with Crippen LogP contribution in [0.1, 0.15) is 58.7 Å². The summed E-state index contributed by atoms with van der Waals surface area (Å²) in [5.41, 5.74) is 7.37. The second-order valence-electron chi connectivity index (χ2n) is 14.5. The molecule has 0 atom stereocenters. The number of carbonyl (C=O) groups excluding carboxylic acids is 1. The molecule has 0 unspecified atom stereocenters. The first kappa shape index (κ1) is 32.5. The molecule has 0 N–H and O–H groups in total. The molecule has 0 aliphatic carbocycles. The summed E-state index contributed by atoms with van der Waals surface area (Å²) in [6.45, 7) is 6.05. The molecule has 6 heterocycles. The van der Waals surface area contributed by atoms with E-state index in [1.807, 2.05) is 30.3 Å². The zero-order valence-electron chi connectivity index (χ0n) is 29.4. The summed E-state index contributed by atoms with van der Waals surface area (Å²) in [7, 11) is 0. The van der Waals surface area contributed by atoms with Crippen LogP contribution >= 0.6 is 0 Å². The summed E-state index contributed by atoms with van der Waals surface area (Å²) in [5, 5.41) is 0. The lowest BCUT2D eigenvalue weighted by Gasteiger charge is -2.45. The Labute approximate surface area is 305 Å². The maximum absolute atomic E-state index is 11.6. The molecule has 6 aromatic rings. The van der Waals surface area contributed by atoms with Gasteiger partial charge < -0.3 is 18.6 Å². The van der Waals surface area contributed by atoms with Crippen molar-refractivity contribution in [1.82, 2.24) is 18.9 Å². The monoisotopic (exact) mass is 688 g/mol. The van der Waals surface area contributed by atoms with Crippen LogP contribution in [0.25, 0.3) is 11.4 Å². The van der Waals surface area contributed by atoms with E-state index in [9.17, 15) is 4.79 Å². The number of likely N-dealkylation sites (tertiary alicyclic amines) is 2. The number of aldehydes is 1. The van der Waals surface area contributed by atoms with Crippen molar-refractivity contribution in [2.75, 3.05) is 26.2 Å². The van der Waals surface area contributed by atoms with Gasteiger partial charge in [-0.1, -0.05) is 84.9 Å². The smallest absolute Gasteiger partial charge is 0.166 e. The Kier molecular flexibility index (Phi) is 8.53. The molecule has 7 nitrogen and oxygen atoms in total. The van der Waals surface area contributed by atoms with Gasteiger partial charge >= 0.3 is 0 Å². The molecule has 2 saturated heterocycles. The summed E-state index contributed by atoms with van der Waals surface area (Å²) in [4.78, 5) is 16.6. The van der Waals surface area contributed by atoms with Crippen molar-refractivity contribution in [3.63, 3.8) is 0 Å². The lowest BCUT2D eigenvalue weighted by molar-refractivity contribution is -0.0153. The van der Waals surface area contributed by atoms with Crippen molar-refractivity contribution in [2.24, 2.45) is 0 Å². The molecule has 4 aliphatic rings. The predicted octanol–water partition coefficient (Wildman–Crippen LogP) is 8.53. The normalized spacial score (nSPS) is 18.1. The van der Waals surface area contributed by atoms with Crippen LogP contribution in [0.2, 0.25) is 0 Å². The molecule has 4 aliphatic heterocycles. The Balaban J connectivity index is 0.000000139. The van der Waals surface area contributed by atoms with Gasteiger partial charge in [-0.3, -0.25) is 14.6 Å². The van der Waals surface area contributed by atoms with E-state index in [0.717, 1.165) is 99.8 Å². The minimum atomic E-state index is -0.358. The van der Waals surface area contributed by atoms with Gasteiger partial charge in [0.2, 0.25) is 0 Å². The molecule has 262 valence electrons. The van der Waals surface area contributed by atoms with Gasteiger partial charge in [0.1, 0.15) is 11.5 Å². The van der Waals surface area contributed by atoms with Crippen molar-refractivity contribution in [3.05, 3.63) is 168 Å². The maximum Gasteiger partial charge on any atom is 0.166 e. The molecular formula is C45H44N4O3. The average molecular weight is 689 g/mol. The SMILES string of the molecule is O=Cc1ccc2n1-c1ccccc1OC21CCN(Cc2ccccc2)CC1.c1ccc(CN2CCC3(CC2)Oc2ccccc2-n2cccc23)cc1. The molecule has 7 heteroatoms. The lowest BCUT2D eigenvalue weighted by Crippen LogP contribution is -2.48. The zero-order valence-corrected chi connectivity index (χ0v) is 29.4. The highest BCUT2D eigenvalue weighted by atomic mass is 16.5. The highest BCUT2D eigenvalue weighted by Gasteiger charge is 2.45. The molecule has 2 spiro atoms. The highest BCUT2D eigenvalue weighted by Crippen LogP contribution is 2.47. The number of rotatable bonds is 5. The number of aromatic nitrogens is 2. The maximum atomic E-state index is 11.6. The van der Waals surface area contributed by atoms with Crippen molar-refractivity contribution < 1.29 is 14.3 Å². The van der Waals surface area contributed by atoms with Crippen LogP contribution in [0, 0.1) is 0 Å². The summed E-state index contributed by atoms with van der Waals surface area (Å²) in [6, 6.07) is 46.0. The quantitative estimate of drug-likeness (QED) is 0.170. The first-order valence-corrected chi connectivity index (χ1v) is 18.6. The van der Waals surface area contributed by atoms with E-state index >= 15 is 0 Å². The van der Waals surface area contributed by atoms with Gasteiger partial charge in [-0.15, -0.1) is 0 Å². The van der Waals surface area contributed by atoms with Gasteiger partial charge in [0, 0.05) is 71.1 Å². The lowest BCUT2D eigenvalue weighted by atomic mass is 9.86. The Morgan fingerprint density at radius 3 is 1.60 bits per heavy atom. The Bertz CT molecular complexity index is 2160. The highest BCUT2D eigenvalue weighted by molar-refractivity contribution is 5.75. The van der Waals surface area contributed by atoms with Gasteiger partial charge in [-0.25, -0.2) is 0 Å². The Hall–Kier alpha value is -5.37. The summed E-state index contributed by atoms with van der Waals surface area (Å²) < 4.78 is 17.6. The summed E-state index contributed by atoms with van der Waals surface area (Å²) >= 11 is 0. The largest absolute Gasteiger partial charge is 0.479 e. The van der Waals surface area contributed by atoms with Crippen LogP contribution in [-0.4, -0.2) is 51.4 Å². The van der Waals surface area contributed by atoms with Gasteiger partial charge in [0.05, 0.1) is 28.5 Å². The van der Waals surface area contributed by atoms with E-state index in [2.05, 4.69) is 128 Å². The van der Waals surface area contributed by atoms with E-state index in [4.69, 9.17) is 9.47 Å². The third-order valence-electron chi connectivity index (χ3n) is 11.4. The number of hydrogen-bond acceptors (Lipinski definition) is 5. The van der Waals surface area contributed by atoms with E-state index in [1.54, 1.807) is 0 Å². The predicted molar refractivity (Wildman–Crippen MR) is 203 cm³/mol. The number of fused-ring (bicyclic) bond motifs is 8. The number of para-hydroxylation sites is 4. The molecule has 52 heavy (non-hydrogen) atoms. The number of piperidine rings is 2. The fourth-order valence-corrected chi connectivity index (χ4v) is 8.67. The van der Waals surface area contributed by atoms with Crippen LogP contribution in [-0.2, 0) is 24.3 Å². The molecular weight excluding hydrogens is 645 g/mol. The number of benzene rings is 4. The van der Waals surface area contributed by atoms with Crippen LogP contribution < -0.4 is 9.47 Å². The average Bonchev–Trinajstić information content (AvgIpc) is 3.88. The molecule has 0 saturated carbocycles. The number of nitrogens with zero attached hydrogens (tertiary/aromatic N) is 4. The second-order valence-corrected chi connectivity index (χ2v) is 14.5. The summed E-state index contributed by atoms with van der Waals surface area (Å²) in [5.74, 6) is 1.86. The first-order chi connectivity index (χ1) is 25.6. The molecule has 0 bridgehead atoms. The molecule has 4 aromatic carbocycles. The first-order valence-electron chi connectivity index (χ1n) is 18.6. The number of carbonyl (C=O) groups is 1. The van der Waals surface area contributed by atoms with E-state index in [1.165, 1.54) is 16.8 Å². The molecule has 2 fully saturated rings. The van der Waals surface area contributed by atoms with Gasteiger partial charge in [0.25, 0.3) is 0 Å². The van der Waals surface area contributed by atoms with Crippen molar-refractivity contribution in [2.45, 2.75) is 50.0 Å². The topological polar surface area (TPSA) is 51.9 Å². The van der Waals surface area contributed by atoms with Gasteiger partial charge in [-0.05, 0) is 59.7 Å². The van der Waals surface area contributed by atoms with E-state index in [-0.39, 0.29) is 11.2 Å². The van der Waals surface area contributed by atoms with Crippen molar-refractivity contribution >= 4 is 6.29 Å². The van der Waals surface area contributed by atoms with Crippen LogP contribution in [0.4, 0.5) is 0 Å². The minimum absolute atomic E-state index is 0.189. The molecule has 0 amide bonds. The summed E-state index contributed by atoms with van der Waals surface area (Å²) in [6.07, 6.45) is 6.97. The molecule has 2 aromatic heterocycles. The Morgan fingerprint density at radius 1 is 0.519 bits per heavy atom. The van der Waals surface area contributed by atoms with Crippen molar-refractivity contribution in [1.29, 1.82) is 0 Å². The molecule has 0 radical (unpaired) electrons. The van der Waals surface area contributed by atoms with E-state index < -0.39 is 0 Å². The van der Waals surface area contributed by atoms with E-state index in [0.29, 0.717) is 5.69 Å². The van der Waals surface area contributed by atoms with Gasteiger partial charge in [-0.2, -0.15) is 0 Å². The third-order valence-corrected chi connectivity index (χ3v) is 11.4. The van der Waals surface area contributed by atoms with Gasteiger partial charge in [0.15, 0.2) is 17.5 Å². The number of hydrogen-bond donors (Lipinski definition) is 0. The second kappa shape index (κ2) is 13.6. The fourth-order valence-electron chi connectivity index (χ4n) is 8.67. The third kappa shape index (κ3) is 5.94. The zero-order chi connectivity index (χ0) is 35.0. The minimum Gasteiger partial charge on any atom is -0.479 e. The van der Waals surface area contributed by atoms with Crippen LogP contribution in [0.3, 0.4) is 0 Å². The Morgan fingerprint density at radius 2 is 1.02 bits per heavy atom.